The Morgan fingerprint density at radius 1 is 0.750 bits per heavy atom. The Morgan fingerprint density at radius 3 is 2.15 bits per heavy atom. The van der Waals surface area contributed by atoms with E-state index >= 15 is 0 Å². The lowest BCUT2D eigenvalue weighted by molar-refractivity contribution is 1.18. The quantitative estimate of drug-likeness (QED) is 0.523. The molecule has 0 spiro atoms. The normalized spacial score (nSPS) is 11.2. The van der Waals surface area contributed by atoms with Gasteiger partial charge >= 0.3 is 0 Å². The van der Waals surface area contributed by atoms with Crippen molar-refractivity contribution in [1.82, 2.24) is 15.0 Å². The molecule has 0 aliphatic heterocycles. The van der Waals surface area contributed by atoms with Gasteiger partial charge in [0.15, 0.2) is 0 Å². The second-order valence-corrected chi connectivity index (χ2v) is 5.66. The molecule has 3 nitrogen and oxygen atoms in total. The van der Waals surface area contributed by atoms with E-state index in [-0.39, 0.29) is 0 Å². The molecule has 2 aromatic carbocycles. The lowest BCUT2D eigenvalue weighted by Gasteiger charge is -2.03. The number of rotatable bonds is 1. The molecule has 4 aromatic rings. The molecule has 20 heavy (non-hydrogen) atoms. The van der Waals surface area contributed by atoms with Crippen molar-refractivity contribution in [2.24, 2.45) is 0 Å². The number of nitrogens with zero attached hydrogens (tertiary/aromatic N) is 3. The van der Waals surface area contributed by atoms with Gasteiger partial charge in [0.2, 0.25) is 0 Å². The van der Waals surface area contributed by atoms with Crippen molar-refractivity contribution in [3.63, 3.8) is 0 Å². The number of aromatic nitrogens is 3. The molecule has 4 heteroatoms. The summed E-state index contributed by atoms with van der Waals surface area (Å²) >= 11 is 1.66. The molecule has 0 radical (unpaired) electrons. The van der Waals surface area contributed by atoms with Crippen LogP contribution in [0.4, 0.5) is 0 Å². The third kappa shape index (κ3) is 1.77. The first-order valence-electron chi connectivity index (χ1n) is 6.40. The molecule has 4 rings (SSSR count). The van der Waals surface area contributed by atoms with Crippen molar-refractivity contribution >= 4 is 32.6 Å². The summed E-state index contributed by atoms with van der Waals surface area (Å²) in [5.41, 5.74) is 4.65. The van der Waals surface area contributed by atoms with Crippen LogP contribution in [0.3, 0.4) is 0 Å². The first kappa shape index (κ1) is 11.5. The van der Waals surface area contributed by atoms with E-state index in [4.69, 9.17) is 4.98 Å². The molecule has 0 aliphatic rings. The van der Waals surface area contributed by atoms with Crippen LogP contribution in [0, 0.1) is 6.92 Å². The standard InChI is InChI=1S/C16H11N3S/c1-10-15(18-12-7-3-2-6-11(12)17-10)16-19-13-8-4-5-9-14(13)20-16/h2-9H,1H3. The summed E-state index contributed by atoms with van der Waals surface area (Å²) in [6, 6.07) is 16.1. The van der Waals surface area contributed by atoms with Crippen molar-refractivity contribution in [2.45, 2.75) is 6.92 Å². The third-order valence-electron chi connectivity index (χ3n) is 3.24. The Labute approximate surface area is 120 Å². The Bertz CT molecular complexity index is 894. The molecule has 96 valence electrons. The second-order valence-electron chi connectivity index (χ2n) is 4.63. The number of para-hydroxylation sites is 3. The summed E-state index contributed by atoms with van der Waals surface area (Å²) in [6.45, 7) is 1.99. The summed E-state index contributed by atoms with van der Waals surface area (Å²) in [5, 5.41) is 0.932. The maximum absolute atomic E-state index is 4.73. The SMILES string of the molecule is Cc1nc2ccccc2nc1-c1nc2ccccc2s1. The van der Waals surface area contributed by atoms with Gasteiger partial charge in [0, 0.05) is 0 Å². The number of hydrogen-bond acceptors (Lipinski definition) is 4. The molecule has 0 bridgehead atoms. The predicted octanol–water partition coefficient (Wildman–Crippen LogP) is 4.21. The van der Waals surface area contributed by atoms with E-state index in [0.29, 0.717) is 0 Å². The largest absolute Gasteiger partial charge is 0.249 e. The van der Waals surface area contributed by atoms with E-state index in [0.717, 1.165) is 32.9 Å². The van der Waals surface area contributed by atoms with E-state index < -0.39 is 0 Å². The van der Waals surface area contributed by atoms with Gasteiger partial charge in [-0.1, -0.05) is 24.3 Å². The smallest absolute Gasteiger partial charge is 0.145 e. The average molecular weight is 277 g/mol. The van der Waals surface area contributed by atoms with Crippen LogP contribution in [0.1, 0.15) is 5.69 Å². The van der Waals surface area contributed by atoms with Crippen LogP contribution in [0.25, 0.3) is 32.0 Å². The Morgan fingerprint density at radius 2 is 1.40 bits per heavy atom. The molecular formula is C16H11N3S. The van der Waals surface area contributed by atoms with Gasteiger partial charge in [0.25, 0.3) is 0 Å². The number of thiazole rings is 1. The Hall–Kier alpha value is -2.33. The summed E-state index contributed by atoms with van der Waals surface area (Å²) in [5.74, 6) is 0. The fourth-order valence-corrected chi connectivity index (χ4v) is 3.27. The molecule has 0 aliphatic carbocycles. The van der Waals surface area contributed by atoms with Gasteiger partial charge in [-0.05, 0) is 31.2 Å². The second kappa shape index (κ2) is 4.35. The molecule has 2 heterocycles. The summed E-state index contributed by atoms with van der Waals surface area (Å²) in [6.07, 6.45) is 0. The number of hydrogen-bond donors (Lipinski definition) is 0. The highest BCUT2D eigenvalue weighted by Crippen LogP contribution is 2.30. The minimum atomic E-state index is 0.880. The maximum atomic E-state index is 4.73. The van der Waals surface area contributed by atoms with E-state index in [9.17, 15) is 0 Å². The highest BCUT2D eigenvalue weighted by molar-refractivity contribution is 7.21. The average Bonchev–Trinajstić information content (AvgIpc) is 2.90. The van der Waals surface area contributed by atoms with Gasteiger partial charge in [0.1, 0.15) is 10.7 Å². The molecule has 0 amide bonds. The zero-order chi connectivity index (χ0) is 13.5. The number of fused-ring (bicyclic) bond motifs is 2. The van der Waals surface area contributed by atoms with Crippen molar-refractivity contribution in [1.29, 1.82) is 0 Å². The number of benzene rings is 2. The van der Waals surface area contributed by atoms with E-state index in [2.05, 4.69) is 16.0 Å². The van der Waals surface area contributed by atoms with Gasteiger partial charge in [-0.15, -0.1) is 11.3 Å². The van der Waals surface area contributed by atoms with Gasteiger partial charge in [-0.3, -0.25) is 0 Å². The lowest BCUT2D eigenvalue weighted by atomic mass is 10.2. The first-order valence-corrected chi connectivity index (χ1v) is 7.22. The van der Waals surface area contributed by atoms with Crippen LogP contribution < -0.4 is 0 Å². The van der Waals surface area contributed by atoms with Crippen LogP contribution >= 0.6 is 11.3 Å². The fourth-order valence-electron chi connectivity index (χ4n) is 2.26. The van der Waals surface area contributed by atoms with Crippen molar-refractivity contribution in [3.05, 3.63) is 54.2 Å². The minimum absolute atomic E-state index is 0.880. The van der Waals surface area contributed by atoms with Crippen LogP contribution in [-0.4, -0.2) is 15.0 Å². The first-order chi connectivity index (χ1) is 9.81. The van der Waals surface area contributed by atoms with Crippen molar-refractivity contribution in [3.8, 4) is 10.7 Å². The van der Waals surface area contributed by atoms with Crippen LogP contribution in [-0.2, 0) is 0 Å². The van der Waals surface area contributed by atoms with Gasteiger partial charge in [-0.25, -0.2) is 15.0 Å². The molecule has 0 N–H and O–H groups in total. The zero-order valence-electron chi connectivity index (χ0n) is 10.9. The van der Waals surface area contributed by atoms with Crippen molar-refractivity contribution in [2.75, 3.05) is 0 Å². The summed E-state index contributed by atoms with van der Waals surface area (Å²) < 4.78 is 1.18. The van der Waals surface area contributed by atoms with Crippen molar-refractivity contribution < 1.29 is 0 Å². The highest BCUT2D eigenvalue weighted by atomic mass is 32.1. The predicted molar refractivity (Wildman–Crippen MR) is 82.9 cm³/mol. The molecule has 0 saturated heterocycles. The molecule has 0 saturated carbocycles. The molecule has 0 atom stereocenters. The molecule has 0 unspecified atom stereocenters. The van der Waals surface area contributed by atoms with Gasteiger partial charge < -0.3 is 0 Å². The van der Waals surface area contributed by atoms with Crippen LogP contribution in [0.5, 0.6) is 0 Å². The topological polar surface area (TPSA) is 38.7 Å². The van der Waals surface area contributed by atoms with E-state index in [1.54, 1.807) is 11.3 Å². The monoisotopic (exact) mass is 277 g/mol. The fraction of sp³-hybridized carbons (Fsp3) is 0.0625. The highest BCUT2D eigenvalue weighted by Gasteiger charge is 2.12. The van der Waals surface area contributed by atoms with Crippen LogP contribution in [0.2, 0.25) is 0 Å². The number of aryl methyl sites for hydroxylation is 1. The summed E-state index contributed by atoms with van der Waals surface area (Å²) in [7, 11) is 0. The Kier molecular flexibility index (Phi) is 2.50. The van der Waals surface area contributed by atoms with E-state index in [1.807, 2.05) is 49.4 Å². The van der Waals surface area contributed by atoms with Gasteiger partial charge in [-0.2, -0.15) is 0 Å². The molecular weight excluding hydrogens is 266 g/mol. The summed E-state index contributed by atoms with van der Waals surface area (Å²) in [4.78, 5) is 14.0. The Balaban J connectivity index is 1.98. The molecule has 0 fully saturated rings. The van der Waals surface area contributed by atoms with E-state index in [1.165, 1.54) is 4.70 Å². The minimum Gasteiger partial charge on any atom is -0.249 e. The third-order valence-corrected chi connectivity index (χ3v) is 4.28. The maximum Gasteiger partial charge on any atom is 0.145 e. The molecule has 2 aromatic heterocycles. The van der Waals surface area contributed by atoms with Crippen LogP contribution in [0.15, 0.2) is 48.5 Å². The lowest BCUT2D eigenvalue weighted by Crippen LogP contribution is -1.93. The zero-order valence-corrected chi connectivity index (χ0v) is 11.7. The van der Waals surface area contributed by atoms with Gasteiger partial charge in [0.05, 0.1) is 26.9 Å².